The molecule has 0 radical (unpaired) electrons. The van der Waals surface area contributed by atoms with Crippen LogP contribution in [-0.2, 0) is 27.2 Å². The molecular formula is C30H39F2N5O4. The lowest BCUT2D eigenvalue weighted by molar-refractivity contribution is -0.142. The minimum absolute atomic E-state index is 0.0179. The first-order valence-corrected chi connectivity index (χ1v) is 14.0. The Balaban J connectivity index is 1.58. The summed E-state index contributed by atoms with van der Waals surface area (Å²) in [6.45, 7) is 2.80. The van der Waals surface area contributed by atoms with Gasteiger partial charge in [0.05, 0.1) is 23.7 Å². The molecule has 1 unspecified atom stereocenters. The zero-order valence-corrected chi connectivity index (χ0v) is 23.7. The number of alkyl halides is 1. The number of amides is 1. The molecule has 0 aliphatic carbocycles. The first-order valence-electron chi connectivity index (χ1n) is 14.0. The summed E-state index contributed by atoms with van der Waals surface area (Å²) in [5, 5.41) is 24.9. The number of ether oxygens (including phenoxy) is 1. The molecule has 1 aromatic carbocycles. The second kappa shape index (κ2) is 16.0. The smallest absolute Gasteiger partial charge is 0.326 e. The van der Waals surface area contributed by atoms with Crippen molar-refractivity contribution in [1.82, 2.24) is 15.2 Å². The van der Waals surface area contributed by atoms with Crippen LogP contribution in [0.1, 0.15) is 60.9 Å². The minimum atomic E-state index is -1.25. The Morgan fingerprint density at radius 2 is 2.07 bits per heavy atom. The van der Waals surface area contributed by atoms with Gasteiger partial charge >= 0.3 is 5.97 Å². The molecule has 1 amide bonds. The van der Waals surface area contributed by atoms with Gasteiger partial charge in [-0.25, -0.2) is 18.6 Å². The SMILES string of the molecule is CO[C@H](CF)CN(CCCCc1ccc2c(n1)NCCC2)CC[C@H](NC(=O)C(C)c1c(F)cccc1C#N)C(=O)O. The van der Waals surface area contributed by atoms with Crippen LogP contribution < -0.4 is 10.6 Å². The van der Waals surface area contributed by atoms with Gasteiger partial charge in [0.1, 0.15) is 24.4 Å². The summed E-state index contributed by atoms with van der Waals surface area (Å²) in [4.78, 5) is 31.5. The van der Waals surface area contributed by atoms with E-state index in [0.717, 1.165) is 56.2 Å². The van der Waals surface area contributed by atoms with E-state index in [1.807, 2.05) is 11.0 Å². The number of aliphatic carboxylic acids is 1. The van der Waals surface area contributed by atoms with Crippen molar-refractivity contribution in [2.45, 2.75) is 63.5 Å². The number of anilines is 1. The number of benzene rings is 1. The number of nitrogens with zero attached hydrogens (tertiary/aromatic N) is 3. The number of carboxylic acid groups (broad SMARTS) is 1. The topological polar surface area (TPSA) is 128 Å². The molecule has 0 saturated heterocycles. The van der Waals surface area contributed by atoms with Gasteiger partial charge in [0.15, 0.2) is 0 Å². The first kappa shape index (κ1) is 31.9. The number of halogens is 2. The number of aromatic nitrogens is 1. The molecule has 0 fully saturated rings. The van der Waals surface area contributed by atoms with E-state index >= 15 is 0 Å². The highest BCUT2D eigenvalue weighted by Gasteiger charge is 2.28. The number of nitrogens with one attached hydrogen (secondary N) is 2. The van der Waals surface area contributed by atoms with E-state index in [-0.39, 0.29) is 30.6 Å². The van der Waals surface area contributed by atoms with Crippen molar-refractivity contribution in [2.24, 2.45) is 0 Å². The highest BCUT2D eigenvalue weighted by Crippen LogP contribution is 2.24. The van der Waals surface area contributed by atoms with E-state index < -0.39 is 42.4 Å². The maximum Gasteiger partial charge on any atom is 0.326 e. The number of hydrogen-bond acceptors (Lipinski definition) is 7. The van der Waals surface area contributed by atoms with Crippen molar-refractivity contribution in [3.63, 3.8) is 0 Å². The van der Waals surface area contributed by atoms with Crippen LogP contribution in [0.25, 0.3) is 0 Å². The maximum atomic E-state index is 14.4. The maximum absolute atomic E-state index is 14.4. The number of carbonyl (C=O) groups excluding carboxylic acids is 1. The molecule has 1 aliphatic rings. The zero-order valence-electron chi connectivity index (χ0n) is 23.7. The third-order valence-electron chi connectivity index (χ3n) is 7.42. The highest BCUT2D eigenvalue weighted by atomic mass is 19.1. The average molecular weight is 572 g/mol. The number of carboxylic acids is 1. The van der Waals surface area contributed by atoms with E-state index in [4.69, 9.17) is 9.72 Å². The van der Waals surface area contributed by atoms with Crippen LogP contribution >= 0.6 is 0 Å². The third-order valence-corrected chi connectivity index (χ3v) is 7.42. The van der Waals surface area contributed by atoms with E-state index in [1.165, 1.54) is 31.7 Å². The predicted molar refractivity (Wildman–Crippen MR) is 151 cm³/mol. The zero-order chi connectivity index (χ0) is 29.8. The molecule has 222 valence electrons. The molecule has 0 spiro atoms. The average Bonchev–Trinajstić information content (AvgIpc) is 2.98. The molecule has 41 heavy (non-hydrogen) atoms. The fraction of sp³-hybridized carbons (Fsp3) is 0.533. The van der Waals surface area contributed by atoms with Gasteiger partial charge < -0.3 is 25.4 Å². The van der Waals surface area contributed by atoms with E-state index in [1.54, 1.807) is 0 Å². The van der Waals surface area contributed by atoms with Gasteiger partial charge in [0.2, 0.25) is 5.91 Å². The summed E-state index contributed by atoms with van der Waals surface area (Å²) >= 11 is 0. The van der Waals surface area contributed by atoms with Crippen LogP contribution in [0.5, 0.6) is 0 Å². The molecular weight excluding hydrogens is 532 g/mol. The normalized spacial score (nSPS) is 14.8. The number of pyridine rings is 1. The van der Waals surface area contributed by atoms with Crippen LogP contribution in [-0.4, -0.2) is 79.0 Å². The van der Waals surface area contributed by atoms with E-state index in [2.05, 4.69) is 22.8 Å². The Bertz CT molecular complexity index is 1220. The molecule has 0 saturated carbocycles. The fourth-order valence-corrected chi connectivity index (χ4v) is 4.99. The predicted octanol–water partition coefficient (Wildman–Crippen LogP) is 3.82. The summed E-state index contributed by atoms with van der Waals surface area (Å²) in [5.74, 6) is -2.75. The standard InChI is InChI=1S/C30H39F2N5O4/c1-20(27-22(18-33)7-5-10-25(27)32)29(38)36-26(30(39)40)13-16-37(19-24(17-31)41-2)15-4-3-9-23-12-11-21-8-6-14-34-28(21)35-23/h5,7,10-12,20,24,26H,3-4,6,8-9,13-17,19H2,1-2H3,(H,34,35)(H,36,38)(H,39,40)/t20?,24-,26+/m1/s1. The molecule has 0 bridgehead atoms. The van der Waals surface area contributed by atoms with E-state index in [0.29, 0.717) is 6.54 Å². The molecule has 1 aliphatic heterocycles. The Hall–Kier alpha value is -3.62. The van der Waals surface area contributed by atoms with Gasteiger partial charge in [0, 0.05) is 38.0 Å². The first-order chi connectivity index (χ1) is 19.8. The number of carbonyl (C=O) groups is 2. The lowest BCUT2D eigenvalue weighted by atomic mass is 9.94. The van der Waals surface area contributed by atoms with Gasteiger partial charge in [-0.05, 0) is 75.8 Å². The van der Waals surface area contributed by atoms with Crippen LogP contribution in [0, 0.1) is 17.1 Å². The number of rotatable bonds is 16. The van der Waals surface area contributed by atoms with Crippen molar-refractivity contribution in [1.29, 1.82) is 5.26 Å². The minimum Gasteiger partial charge on any atom is -0.480 e. The Kier molecular flexibility index (Phi) is 12.4. The number of fused-ring (bicyclic) bond motifs is 1. The quantitative estimate of drug-likeness (QED) is 0.260. The van der Waals surface area contributed by atoms with E-state index in [9.17, 15) is 28.7 Å². The van der Waals surface area contributed by atoms with Crippen LogP contribution in [0.4, 0.5) is 14.6 Å². The Morgan fingerprint density at radius 3 is 2.78 bits per heavy atom. The molecule has 3 rings (SSSR count). The Morgan fingerprint density at radius 1 is 1.27 bits per heavy atom. The fourth-order valence-electron chi connectivity index (χ4n) is 4.99. The van der Waals surface area contributed by atoms with Crippen molar-refractivity contribution in [2.75, 3.05) is 45.3 Å². The molecule has 1 aromatic heterocycles. The third kappa shape index (κ3) is 9.20. The second-order valence-corrected chi connectivity index (χ2v) is 10.3. The highest BCUT2D eigenvalue weighted by molar-refractivity contribution is 5.88. The van der Waals surface area contributed by atoms with Crippen LogP contribution in [0.2, 0.25) is 0 Å². The summed E-state index contributed by atoms with van der Waals surface area (Å²) < 4.78 is 33.1. The van der Waals surface area contributed by atoms with Gasteiger partial charge in [-0.2, -0.15) is 5.26 Å². The van der Waals surface area contributed by atoms with Crippen LogP contribution in [0.3, 0.4) is 0 Å². The van der Waals surface area contributed by atoms with Crippen molar-refractivity contribution in [3.8, 4) is 6.07 Å². The lowest BCUT2D eigenvalue weighted by Gasteiger charge is -2.27. The van der Waals surface area contributed by atoms with Crippen LogP contribution in [0.15, 0.2) is 30.3 Å². The molecule has 3 N–H and O–H groups in total. The second-order valence-electron chi connectivity index (χ2n) is 10.3. The number of methoxy groups -OCH3 is 1. The largest absolute Gasteiger partial charge is 0.480 e. The molecule has 2 aromatic rings. The summed E-state index contributed by atoms with van der Waals surface area (Å²) in [6, 6.07) is 8.74. The summed E-state index contributed by atoms with van der Waals surface area (Å²) in [5.41, 5.74) is 2.18. The van der Waals surface area contributed by atoms with Gasteiger partial charge in [-0.1, -0.05) is 12.1 Å². The summed E-state index contributed by atoms with van der Waals surface area (Å²) in [7, 11) is 1.43. The Labute approximate surface area is 239 Å². The number of hydrogen-bond donors (Lipinski definition) is 3. The number of nitriles is 1. The van der Waals surface area contributed by atoms with Crippen molar-refractivity contribution >= 4 is 17.7 Å². The number of unbranched alkanes of at least 4 members (excludes halogenated alkanes) is 1. The van der Waals surface area contributed by atoms with Crippen molar-refractivity contribution < 1.29 is 28.2 Å². The summed E-state index contributed by atoms with van der Waals surface area (Å²) in [6.07, 6.45) is 3.93. The monoisotopic (exact) mass is 571 g/mol. The molecule has 2 heterocycles. The van der Waals surface area contributed by atoms with Gasteiger partial charge in [0.25, 0.3) is 0 Å². The van der Waals surface area contributed by atoms with Crippen molar-refractivity contribution in [3.05, 3.63) is 58.5 Å². The van der Waals surface area contributed by atoms with Gasteiger partial charge in [-0.15, -0.1) is 0 Å². The lowest BCUT2D eigenvalue weighted by Crippen LogP contribution is -2.45. The number of aryl methyl sites for hydroxylation is 2. The molecule has 11 heteroatoms. The van der Waals surface area contributed by atoms with Gasteiger partial charge in [-0.3, -0.25) is 4.79 Å². The molecule has 3 atom stereocenters. The molecule has 9 nitrogen and oxygen atoms in total.